The van der Waals surface area contributed by atoms with Gasteiger partial charge in [0.05, 0.1) is 0 Å². The molecule has 1 amide bonds. The van der Waals surface area contributed by atoms with Crippen LogP contribution in [0.4, 0.5) is 0 Å². The van der Waals surface area contributed by atoms with E-state index in [0.717, 1.165) is 25.1 Å². The summed E-state index contributed by atoms with van der Waals surface area (Å²) in [5, 5.41) is 10.9. The van der Waals surface area contributed by atoms with Gasteiger partial charge in [0.1, 0.15) is 5.69 Å². The highest BCUT2D eigenvalue weighted by atomic mass is 16.2. The molecule has 1 aliphatic rings. The van der Waals surface area contributed by atoms with E-state index in [1.807, 2.05) is 35.2 Å². The Kier molecular flexibility index (Phi) is 4.74. The lowest BCUT2D eigenvalue weighted by Crippen LogP contribution is -2.40. The van der Waals surface area contributed by atoms with Gasteiger partial charge in [-0.25, -0.2) is 0 Å². The van der Waals surface area contributed by atoms with Crippen molar-refractivity contribution in [1.82, 2.24) is 20.3 Å². The van der Waals surface area contributed by atoms with Gasteiger partial charge in [0.2, 0.25) is 0 Å². The number of piperidine rings is 1. The fourth-order valence-corrected chi connectivity index (χ4v) is 3.44. The standard InChI is InChI=1S/C18H24N4O/c1-13(2)11-14-7-6-10-22(12-14)18(23)17-16(19-21-20-17)15-8-4-3-5-9-15/h3-5,8-9,13-14H,6-7,10-12H2,1-2H3,(H,19,20,21). The molecule has 1 aromatic carbocycles. The third-order valence-electron chi connectivity index (χ3n) is 4.41. The molecular formula is C18H24N4O. The number of nitrogens with one attached hydrogen (secondary N) is 1. The van der Waals surface area contributed by atoms with Crippen LogP contribution in [0.15, 0.2) is 30.3 Å². The largest absolute Gasteiger partial charge is 0.337 e. The molecule has 122 valence electrons. The van der Waals surface area contributed by atoms with Crippen molar-refractivity contribution in [1.29, 1.82) is 0 Å². The van der Waals surface area contributed by atoms with Gasteiger partial charge in [-0.15, -0.1) is 0 Å². The summed E-state index contributed by atoms with van der Waals surface area (Å²) in [6, 6.07) is 9.74. The fourth-order valence-electron chi connectivity index (χ4n) is 3.44. The molecule has 23 heavy (non-hydrogen) atoms. The third-order valence-corrected chi connectivity index (χ3v) is 4.41. The van der Waals surface area contributed by atoms with Crippen molar-refractivity contribution in [2.24, 2.45) is 11.8 Å². The zero-order valence-corrected chi connectivity index (χ0v) is 13.8. The Bertz CT molecular complexity index is 650. The molecule has 5 nitrogen and oxygen atoms in total. The number of carbonyl (C=O) groups excluding carboxylic acids is 1. The summed E-state index contributed by atoms with van der Waals surface area (Å²) in [6.07, 6.45) is 3.46. The van der Waals surface area contributed by atoms with Gasteiger partial charge in [-0.05, 0) is 31.1 Å². The van der Waals surface area contributed by atoms with Gasteiger partial charge < -0.3 is 4.90 Å². The Morgan fingerprint density at radius 3 is 2.83 bits per heavy atom. The summed E-state index contributed by atoms with van der Waals surface area (Å²) in [6.45, 7) is 6.13. The maximum atomic E-state index is 12.9. The summed E-state index contributed by atoms with van der Waals surface area (Å²) >= 11 is 0. The van der Waals surface area contributed by atoms with Gasteiger partial charge in [-0.3, -0.25) is 4.79 Å². The number of aromatic nitrogens is 3. The molecule has 0 radical (unpaired) electrons. The highest BCUT2D eigenvalue weighted by molar-refractivity contribution is 5.97. The molecule has 1 saturated heterocycles. The number of likely N-dealkylation sites (tertiary alicyclic amines) is 1. The SMILES string of the molecule is CC(C)CC1CCCN(C(=O)c2n[nH]nc2-c2ccccc2)C1. The minimum Gasteiger partial charge on any atom is -0.337 e. The number of rotatable bonds is 4. The second-order valence-electron chi connectivity index (χ2n) is 6.78. The predicted octanol–water partition coefficient (Wildman–Crippen LogP) is 3.37. The third kappa shape index (κ3) is 3.60. The summed E-state index contributed by atoms with van der Waals surface area (Å²) in [5.74, 6) is 1.26. The number of hydrogen-bond donors (Lipinski definition) is 1. The molecule has 1 aliphatic heterocycles. The van der Waals surface area contributed by atoms with E-state index >= 15 is 0 Å². The zero-order valence-electron chi connectivity index (χ0n) is 13.8. The van der Waals surface area contributed by atoms with E-state index in [1.54, 1.807) is 0 Å². The van der Waals surface area contributed by atoms with E-state index in [0.29, 0.717) is 23.2 Å². The molecule has 5 heteroatoms. The van der Waals surface area contributed by atoms with Gasteiger partial charge in [-0.2, -0.15) is 15.4 Å². The Balaban J connectivity index is 1.77. The van der Waals surface area contributed by atoms with Crippen LogP contribution >= 0.6 is 0 Å². The molecule has 2 aromatic rings. The number of aromatic amines is 1. The van der Waals surface area contributed by atoms with Crippen molar-refractivity contribution >= 4 is 5.91 Å². The monoisotopic (exact) mass is 312 g/mol. The first-order chi connectivity index (χ1) is 11.1. The Morgan fingerprint density at radius 2 is 2.09 bits per heavy atom. The van der Waals surface area contributed by atoms with Gasteiger partial charge in [0, 0.05) is 18.7 Å². The molecule has 0 aliphatic carbocycles. The van der Waals surface area contributed by atoms with E-state index in [1.165, 1.54) is 12.8 Å². The van der Waals surface area contributed by atoms with Crippen LogP contribution in [0.2, 0.25) is 0 Å². The van der Waals surface area contributed by atoms with E-state index in [4.69, 9.17) is 0 Å². The summed E-state index contributed by atoms with van der Waals surface area (Å²) in [5.41, 5.74) is 1.99. The molecule has 0 spiro atoms. The van der Waals surface area contributed by atoms with Crippen molar-refractivity contribution in [2.75, 3.05) is 13.1 Å². The quantitative estimate of drug-likeness (QED) is 0.941. The molecule has 1 N–H and O–H groups in total. The van der Waals surface area contributed by atoms with Crippen LogP contribution in [0.3, 0.4) is 0 Å². The van der Waals surface area contributed by atoms with Crippen molar-refractivity contribution < 1.29 is 4.79 Å². The van der Waals surface area contributed by atoms with Crippen molar-refractivity contribution in [3.8, 4) is 11.3 Å². The van der Waals surface area contributed by atoms with E-state index in [-0.39, 0.29) is 5.91 Å². The Hall–Kier alpha value is -2.17. The average molecular weight is 312 g/mol. The number of hydrogen-bond acceptors (Lipinski definition) is 3. The molecule has 0 bridgehead atoms. The summed E-state index contributed by atoms with van der Waals surface area (Å²) in [7, 11) is 0. The predicted molar refractivity (Wildman–Crippen MR) is 89.9 cm³/mol. The summed E-state index contributed by atoms with van der Waals surface area (Å²) < 4.78 is 0. The Labute approximate surface area is 137 Å². The molecule has 1 unspecified atom stereocenters. The molecule has 1 fully saturated rings. The summed E-state index contributed by atoms with van der Waals surface area (Å²) in [4.78, 5) is 14.8. The maximum Gasteiger partial charge on any atom is 0.276 e. The number of amides is 1. The van der Waals surface area contributed by atoms with Crippen LogP contribution in [-0.4, -0.2) is 39.3 Å². The van der Waals surface area contributed by atoms with Crippen LogP contribution in [0.25, 0.3) is 11.3 Å². The lowest BCUT2D eigenvalue weighted by atomic mass is 9.89. The highest BCUT2D eigenvalue weighted by Gasteiger charge is 2.28. The van der Waals surface area contributed by atoms with Crippen LogP contribution in [0, 0.1) is 11.8 Å². The minimum absolute atomic E-state index is 0.00828. The first kappa shape index (κ1) is 15.7. The number of carbonyl (C=O) groups is 1. The van der Waals surface area contributed by atoms with Gasteiger partial charge in [0.15, 0.2) is 5.69 Å². The zero-order chi connectivity index (χ0) is 16.2. The molecule has 1 aromatic heterocycles. The van der Waals surface area contributed by atoms with Gasteiger partial charge in [0.25, 0.3) is 5.91 Å². The molecule has 0 saturated carbocycles. The topological polar surface area (TPSA) is 61.9 Å². The Morgan fingerprint density at radius 1 is 1.30 bits per heavy atom. The van der Waals surface area contributed by atoms with Crippen LogP contribution in [0.1, 0.15) is 43.6 Å². The molecular weight excluding hydrogens is 288 g/mol. The lowest BCUT2D eigenvalue weighted by molar-refractivity contribution is 0.0654. The van der Waals surface area contributed by atoms with Gasteiger partial charge >= 0.3 is 0 Å². The second kappa shape index (κ2) is 6.94. The normalized spacial score (nSPS) is 18.4. The maximum absolute atomic E-state index is 12.9. The molecule has 1 atom stereocenters. The fraction of sp³-hybridized carbons (Fsp3) is 0.500. The van der Waals surface area contributed by atoms with Crippen LogP contribution in [-0.2, 0) is 0 Å². The number of H-pyrrole nitrogens is 1. The second-order valence-corrected chi connectivity index (χ2v) is 6.78. The minimum atomic E-state index is -0.00828. The smallest absolute Gasteiger partial charge is 0.276 e. The van der Waals surface area contributed by atoms with Crippen LogP contribution < -0.4 is 0 Å². The number of nitrogens with zero attached hydrogens (tertiary/aromatic N) is 3. The van der Waals surface area contributed by atoms with E-state index in [9.17, 15) is 4.79 Å². The molecule has 3 rings (SSSR count). The number of benzene rings is 1. The van der Waals surface area contributed by atoms with Crippen molar-refractivity contribution in [3.63, 3.8) is 0 Å². The first-order valence-electron chi connectivity index (χ1n) is 8.40. The van der Waals surface area contributed by atoms with Gasteiger partial charge in [-0.1, -0.05) is 44.2 Å². The van der Waals surface area contributed by atoms with E-state index in [2.05, 4.69) is 29.3 Å². The van der Waals surface area contributed by atoms with E-state index < -0.39 is 0 Å². The highest BCUT2D eigenvalue weighted by Crippen LogP contribution is 2.26. The van der Waals surface area contributed by atoms with Crippen molar-refractivity contribution in [3.05, 3.63) is 36.0 Å². The van der Waals surface area contributed by atoms with Crippen molar-refractivity contribution in [2.45, 2.75) is 33.1 Å². The lowest BCUT2D eigenvalue weighted by Gasteiger charge is -2.33. The molecule has 2 heterocycles. The average Bonchev–Trinajstić information content (AvgIpc) is 3.04. The first-order valence-corrected chi connectivity index (χ1v) is 8.40. The van der Waals surface area contributed by atoms with Crippen LogP contribution in [0.5, 0.6) is 0 Å².